The quantitative estimate of drug-likeness (QED) is 0.0960. The number of nitrogens with zero attached hydrogens (tertiary/aromatic N) is 6. The van der Waals surface area contributed by atoms with Gasteiger partial charge in [0.15, 0.2) is 21.3 Å². The molecule has 6 rings (SSSR count). The van der Waals surface area contributed by atoms with Crippen molar-refractivity contribution in [1.29, 1.82) is 0 Å². The van der Waals surface area contributed by atoms with Crippen LogP contribution in [-0.2, 0) is 52.7 Å². The molecular weight excluding hydrogens is 789 g/mol. The molecule has 0 N–H and O–H groups in total. The average Bonchev–Trinajstić information content (AvgIpc) is 3.18. The van der Waals surface area contributed by atoms with Crippen LogP contribution in [0, 0.1) is 0 Å². The number of carbonyl (C=O) groups is 1. The molecule has 6 aromatic rings. The summed E-state index contributed by atoms with van der Waals surface area (Å²) in [4.78, 5) is 36.3. The number of Topliss-reactive ketones (excluding diaryl/α,β-unsaturated/α-hetero) is 1. The first kappa shape index (κ1) is 45.9. The number of ether oxygens (including phenoxy) is 2. The molecule has 0 unspecified atom stereocenters. The second-order valence-electron chi connectivity index (χ2n) is 10.9. The van der Waals surface area contributed by atoms with Gasteiger partial charge in [0, 0.05) is 51.4 Å². The molecule has 0 aliphatic rings. The van der Waals surface area contributed by atoms with Gasteiger partial charge in [0.2, 0.25) is 0 Å². The molecule has 0 amide bonds. The third-order valence-corrected chi connectivity index (χ3v) is 7.62. The summed E-state index contributed by atoms with van der Waals surface area (Å²) in [7, 11) is -2.79. The number of pyridine rings is 6. The molecule has 0 atom stereocenters. The Morgan fingerprint density at radius 2 is 0.673 bits per heavy atom. The third kappa shape index (κ3) is 12.1. The van der Waals surface area contributed by atoms with Gasteiger partial charge in [0.25, 0.3) is 0 Å². The number of hydrogen-bond acceptors (Lipinski definition) is 12. The van der Waals surface area contributed by atoms with Crippen molar-refractivity contribution in [1.82, 2.24) is 29.9 Å². The van der Waals surface area contributed by atoms with Crippen molar-refractivity contribution in [2.75, 3.05) is 14.2 Å². The Bertz CT molecular complexity index is 1770. The summed E-state index contributed by atoms with van der Waals surface area (Å²) in [5.74, 6) is 0.167. The summed E-state index contributed by atoms with van der Waals surface area (Å²) in [5, 5.41) is 0. The van der Waals surface area contributed by atoms with Crippen molar-refractivity contribution in [2.24, 2.45) is 0 Å². The smallest absolute Gasteiger partial charge is 0.741 e. The standard InChI is InChI=1S/2C17H15N3O.C3H6O.CHF3O3S.Cu/c2*1-21-17(14-8-2-5-11-18-14,15-9-3-6-12-19-15)16-10-4-7-13-20-16;1-3(2)4;2-1(3,4)8(5,6)7;/h2*2-13H,1H3;1-2H3;(H,5,6,7);/q;;;;+1/p-1. The van der Waals surface area contributed by atoms with E-state index in [2.05, 4.69) is 29.9 Å². The van der Waals surface area contributed by atoms with Crippen LogP contribution >= 0.6 is 0 Å². The molecule has 0 aromatic carbocycles. The number of ketones is 1. The summed E-state index contributed by atoms with van der Waals surface area (Å²) in [5.41, 5.74) is -2.94. The Morgan fingerprint density at radius 3 is 0.764 bits per heavy atom. The Labute approximate surface area is 327 Å². The topological polar surface area (TPSA) is 170 Å². The van der Waals surface area contributed by atoms with E-state index in [0.717, 1.165) is 34.2 Å². The van der Waals surface area contributed by atoms with E-state index in [9.17, 15) is 18.0 Å². The second-order valence-corrected chi connectivity index (χ2v) is 12.2. The maximum atomic E-state index is 10.7. The summed E-state index contributed by atoms with van der Waals surface area (Å²) in [6.45, 7) is 3.06. The number of methoxy groups -OCH3 is 2. The second kappa shape index (κ2) is 21.6. The van der Waals surface area contributed by atoms with Crippen LogP contribution in [0.1, 0.15) is 48.0 Å². The van der Waals surface area contributed by atoms with Crippen LogP contribution in [0.5, 0.6) is 0 Å². The SMILES string of the molecule is CC(C)=O.COC(c1ccccn1)(c1ccccn1)c1ccccn1.COC(c1ccccn1)(c1ccccn1)c1ccccn1.O=S(=O)([O-])C(F)(F)F.[Cu+]. The first-order valence-electron chi connectivity index (χ1n) is 15.8. The Balaban J connectivity index is 0.000000291. The molecule has 6 aromatic heterocycles. The van der Waals surface area contributed by atoms with E-state index >= 15 is 0 Å². The van der Waals surface area contributed by atoms with Gasteiger partial charge >= 0.3 is 22.6 Å². The third-order valence-electron chi connectivity index (χ3n) is 7.05. The van der Waals surface area contributed by atoms with Crippen LogP contribution < -0.4 is 0 Å². The maximum Gasteiger partial charge on any atom is 1.00 e. The minimum absolute atomic E-state index is 0. The van der Waals surface area contributed by atoms with Crippen molar-refractivity contribution in [3.05, 3.63) is 181 Å². The zero-order valence-electron chi connectivity index (χ0n) is 29.8. The molecule has 0 spiro atoms. The first-order valence-corrected chi connectivity index (χ1v) is 17.2. The van der Waals surface area contributed by atoms with E-state index in [1.807, 2.05) is 109 Å². The van der Waals surface area contributed by atoms with E-state index in [4.69, 9.17) is 22.4 Å². The molecule has 0 saturated heterocycles. The zero-order valence-corrected chi connectivity index (χ0v) is 31.6. The van der Waals surface area contributed by atoms with Gasteiger partial charge in [-0.15, -0.1) is 0 Å². The van der Waals surface area contributed by atoms with Gasteiger partial charge in [-0.2, -0.15) is 13.2 Å². The molecule has 55 heavy (non-hydrogen) atoms. The normalized spacial score (nSPS) is 11.1. The molecular formula is C38H36CuF3N6O6S. The molecule has 0 saturated carbocycles. The largest absolute Gasteiger partial charge is 1.00 e. The Hall–Kier alpha value is -5.29. The van der Waals surface area contributed by atoms with Gasteiger partial charge in [0.1, 0.15) is 5.78 Å². The van der Waals surface area contributed by atoms with Gasteiger partial charge in [-0.3, -0.25) is 29.9 Å². The van der Waals surface area contributed by atoms with Crippen molar-refractivity contribution < 1.29 is 57.5 Å². The van der Waals surface area contributed by atoms with Crippen molar-refractivity contribution in [2.45, 2.75) is 30.6 Å². The van der Waals surface area contributed by atoms with Gasteiger partial charge in [-0.25, -0.2) is 8.42 Å². The van der Waals surface area contributed by atoms with E-state index in [0.29, 0.717) is 0 Å². The van der Waals surface area contributed by atoms with E-state index in [-0.39, 0.29) is 22.9 Å². The fourth-order valence-electron chi connectivity index (χ4n) is 4.84. The monoisotopic (exact) mass is 824 g/mol. The summed E-state index contributed by atoms with van der Waals surface area (Å²) < 4.78 is 70.7. The van der Waals surface area contributed by atoms with Crippen LogP contribution in [0.2, 0.25) is 0 Å². The van der Waals surface area contributed by atoms with Gasteiger partial charge in [-0.1, -0.05) is 36.4 Å². The number of alkyl halides is 3. The number of halogens is 3. The number of rotatable bonds is 8. The molecule has 0 aliphatic heterocycles. The predicted molar refractivity (Wildman–Crippen MR) is 191 cm³/mol. The summed E-state index contributed by atoms with van der Waals surface area (Å²) >= 11 is 0. The number of carbonyl (C=O) groups excluding carboxylic acids is 1. The van der Waals surface area contributed by atoms with Crippen LogP contribution in [0.15, 0.2) is 146 Å². The van der Waals surface area contributed by atoms with Crippen LogP contribution in [0.3, 0.4) is 0 Å². The predicted octanol–water partition coefficient (Wildman–Crippen LogP) is 6.26. The summed E-state index contributed by atoms with van der Waals surface area (Å²) in [6.07, 6.45) is 10.5. The molecule has 0 aliphatic carbocycles. The fourth-order valence-corrected chi connectivity index (χ4v) is 4.84. The van der Waals surface area contributed by atoms with Crippen molar-refractivity contribution >= 4 is 15.9 Å². The van der Waals surface area contributed by atoms with Crippen LogP contribution in [0.4, 0.5) is 13.2 Å². The molecule has 12 nitrogen and oxygen atoms in total. The molecule has 0 bridgehead atoms. The molecule has 0 radical (unpaired) electrons. The minimum atomic E-state index is -6.09. The zero-order chi connectivity index (χ0) is 39.7. The number of aromatic nitrogens is 6. The minimum Gasteiger partial charge on any atom is -0.741 e. The molecule has 17 heteroatoms. The van der Waals surface area contributed by atoms with Gasteiger partial charge in [0.05, 0.1) is 34.2 Å². The van der Waals surface area contributed by atoms with E-state index in [1.165, 1.54) is 13.8 Å². The van der Waals surface area contributed by atoms with Crippen molar-refractivity contribution in [3.8, 4) is 0 Å². The van der Waals surface area contributed by atoms with Crippen molar-refractivity contribution in [3.63, 3.8) is 0 Å². The summed E-state index contributed by atoms with van der Waals surface area (Å²) in [6, 6.07) is 34.4. The Morgan fingerprint density at radius 1 is 0.509 bits per heavy atom. The first-order chi connectivity index (χ1) is 25.7. The van der Waals surface area contributed by atoms with E-state index < -0.39 is 26.8 Å². The fraction of sp³-hybridized carbons (Fsp3) is 0.184. The molecule has 292 valence electrons. The molecule has 0 fully saturated rings. The average molecular weight is 825 g/mol. The molecule has 6 heterocycles. The van der Waals surface area contributed by atoms with Gasteiger partial charge in [-0.05, 0) is 86.6 Å². The maximum absolute atomic E-state index is 10.7. The number of hydrogen-bond donors (Lipinski definition) is 0. The van der Waals surface area contributed by atoms with Gasteiger partial charge < -0.3 is 18.8 Å². The van der Waals surface area contributed by atoms with E-state index in [1.54, 1.807) is 51.4 Å². The van der Waals surface area contributed by atoms with Crippen LogP contribution in [-0.4, -0.2) is 68.4 Å². The van der Waals surface area contributed by atoms with Crippen LogP contribution in [0.25, 0.3) is 0 Å². The Kier molecular flexibility index (Phi) is 18.0.